The number of primary amides is 1. The number of nitrogens with two attached hydrogens (primary N) is 1. The molecule has 0 atom stereocenters. The van der Waals surface area contributed by atoms with E-state index in [4.69, 9.17) is 5.73 Å². The van der Waals surface area contributed by atoms with Crippen LogP contribution in [0.4, 0.5) is 4.79 Å². The van der Waals surface area contributed by atoms with Gasteiger partial charge in [-0.1, -0.05) is 58.3 Å². The van der Waals surface area contributed by atoms with Crippen molar-refractivity contribution in [1.29, 1.82) is 0 Å². The van der Waals surface area contributed by atoms with E-state index in [1.54, 1.807) is 4.90 Å². The lowest BCUT2D eigenvalue weighted by atomic mass is 10.1. The van der Waals surface area contributed by atoms with Crippen LogP contribution in [0.1, 0.15) is 71.6 Å². The topological polar surface area (TPSA) is 46.3 Å². The number of nitrogens with zero attached hydrogens (tertiary/aromatic N) is 1. The van der Waals surface area contributed by atoms with E-state index in [-0.39, 0.29) is 6.03 Å². The van der Waals surface area contributed by atoms with Gasteiger partial charge in [0.05, 0.1) is 0 Å². The predicted molar refractivity (Wildman–Crippen MR) is 74.1 cm³/mol. The second-order valence-corrected chi connectivity index (χ2v) is 4.75. The van der Waals surface area contributed by atoms with Crippen LogP contribution in [0.15, 0.2) is 0 Å². The second-order valence-electron chi connectivity index (χ2n) is 4.75. The molecule has 0 rings (SSSR count). The first-order valence-corrected chi connectivity index (χ1v) is 7.26. The molecule has 2 amide bonds. The van der Waals surface area contributed by atoms with Crippen LogP contribution in [0.5, 0.6) is 0 Å². The van der Waals surface area contributed by atoms with Gasteiger partial charge in [-0.25, -0.2) is 4.79 Å². The normalized spacial score (nSPS) is 10.5. The fourth-order valence-corrected chi connectivity index (χ4v) is 2.04. The lowest BCUT2D eigenvalue weighted by molar-refractivity contribution is 0.209. The van der Waals surface area contributed by atoms with Crippen LogP contribution in [0.3, 0.4) is 0 Å². The second kappa shape index (κ2) is 11.7. The Morgan fingerprint density at radius 3 is 1.76 bits per heavy atom. The number of hydrogen-bond donors (Lipinski definition) is 1. The van der Waals surface area contributed by atoms with Gasteiger partial charge in [-0.3, -0.25) is 0 Å². The average Bonchev–Trinajstić information content (AvgIpc) is 2.31. The first-order chi connectivity index (χ1) is 8.22. The summed E-state index contributed by atoms with van der Waals surface area (Å²) in [6, 6.07) is -0.285. The van der Waals surface area contributed by atoms with E-state index in [1.165, 1.54) is 51.4 Å². The molecule has 3 nitrogen and oxygen atoms in total. The standard InChI is InChI=1S/C14H30N2O/c1-3-5-6-7-8-9-10-11-12-13-16(4-2)14(15)17/h3-13H2,1-2H3,(H2,15,17). The average molecular weight is 242 g/mol. The molecule has 0 aromatic heterocycles. The third-order valence-electron chi connectivity index (χ3n) is 3.22. The molecule has 0 unspecified atom stereocenters. The Balaban J connectivity index is 3.20. The number of carbonyl (C=O) groups excluding carboxylic acids is 1. The van der Waals surface area contributed by atoms with Crippen LogP contribution in [0.2, 0.25) is 0 Å². The lowest BCUT2D eigenvalue weighted by Gasteiger charge is -2.17. The molecule has 0 saturated heterocycles. The smallest absolute Gasteiger partial charge is 0.314 e. The molecule has 0 radical (unpaired) electrons. The van der Waals surface area contributed by atoms with E-state index < -0.39 is 0 Å². The van der Waals surface area contributed by atoms with E-state index in [2.05, 4.69) is 6.92 Å². The van der Waals surface area contributed by atoms with E-state index in [0.717, 1.165) is 19.5 Å². The summed E-state index contributed by atoms with van der Waals surface area (Å²) < 4.78 is 0. The maximum absolute atomic E-state index is 10.9. The molecule has 0 fully saturated rings. The minimum absolute atomic E-state index is 0.285. The van der Waals surface area contributed by atoms with Crippen molar-refractivity contribution in [2.24, 2.45) is 5.73 Å². The SMILES string of the molecule is CCCCCCCCCCCN(CC)C(N)=O. The van der Waals surface area contributed by atoms with E-state index in [1.807, 2.05) is 6.92 Å². The van der Waals surface area contributed by atoms with Crippen LogP contribution in [-0.2, 0) is 0 Å². The molecule has 102 valence electrons. The minimum atomic E-state index is -0.285. The van der Waals surface area contributed by atoms with Gasteiger partial charge in [0.25, 0.3) is 0 Å². The van der Waals surface area contributed by atoms with Gasteiger partial charge in [-0.05, 0) is 13.3 Å². The Hall–Kier alpha value is -0.730. The number of urea groups is 1. The highest BCUT2D eigenvalue weighted by atomic mass is 16.2. The van der Waals surface area contributed by atoms with Gasteiger partial charge in [0.1, 0.15) is 0 Å². The Kier molecular flexibility index (Phi) is 11.2. The van der Waals surface area contributed by atoms with Crippen LogP contribution in [0.25, 0.3) is 0 Å². The van der Waals surface area contributed by atoms with E-state index in [0.29, 0.717) is 0 Å². The Bertz CT molecular complexity index is 183. The number of hydrogen-bond acceptors (Lipinski definition) is 1. The molecule has 2 N–H and O–H groups in total. The van der Waals surface area contributed by atoms with Crippen LogP contribution >= 0.6 is 0 Å². The van der Waals surface area contributed by atoms with Crippen molar-refractivity contribution < 1.29 is 4.79 Å². The summed E-state index contributed by atoms with van der Waals surface area (Å²) in [6.45, 7) is 5.77. The number of rotatable bonds is 11. The fourth-order valence-electron chi connectivity index (χ4n) is 2.04. The van der Waals surface area contributed by atoms with Gasteiger partial charge in [0.2, 0.25) is 0 Å². The third-order valence-corrected chi connectivity index (χ3v) is 3.22. The van der Waals surface area contributed by atoms with Crippen LogP contribution < -0.4 is 5.73 Å². The minimum Gasteiger partial charge on any atom is -0.351 e. The summed E-state index contributed by atoms with van der Waals surface area (Å²) >= 11 is 0. The van der Waals surface area contributed by atoms with Crippen molar-refractivity contribution in [1.82, 2.24) is 4.90 Å². The van der Waals surface area contributed by atoms with Crippen molar-refractivity contribution in [3.05, 3.63) is 0 Å². The fraction of sp³-hybridized carbons (Fsp3) is 0.929. The van der Waals surface area contributed by atoms with Gasteiger partial charge in [-0.15, -0.1) is 0 Å². The lowest BCUT2D eigenvalue weighted by Crippen LogP contribution is -2.36. The quantitative estimate of drug-likeness (QED) is 0.548. The number of amides is 2. The highest BCUT2D eigenvalue weighted by Gasteiger charge is 2.04. The van der Waals surface area contributed by atoms with Crippen molar-refractivity contribution in [3.8, 4) is 0 Å². The molecule has 17 heavy (non-hydrogen) atoms. The highest BCUT2D eigenvalue weighted by Crippen LogP contribution is 2.09. The molecule has 0 aliphatic carbocycles. The van der Waals surface area contributed by atoms with Gasteiger partial charge < -0.3 is 10.6 Å². The van der Waals surface area contributed by atoms with Gasteiger partial charge in [-0.2, -0.15) is 0 Å². The largest absolute Gasteiger partial charge is 0.351 e. The van der Waals surface area contributed by atoms with E-state index >= 15 is 0 Å². The molecule has 0 aromatic rings. The van der Waals surface area contributed by atoms with Crippen LogP contribution in [-0.4, -0.2) is 24.0 Å². The first kappa shape index (κ1) is 16.3. The molecule has 0 bridgehead atoms. The maximum Gasteiger partial charge on any atom is 0.314 e. The van der Waals surface area contributed by atoms with Crippen molar-refractivity contribution in [2.45, 2.75) is 71.6 Å². The van der Waals surface area contributed by atoms with Gasteiger partial charge >= 0.3 is 6.03 Å². The zero-order valence-electron chi connectivity index (χ0n) is 11.7. The third kappa shape index (κ3) is 10.2. The number of carbonyl (C=O) groups is 1. The summed E-state index contributed by atoms with van der Waals surface area (Å²) in [7, 11) is 0. The van der Waals surface area contributed by atoms with Crippen molar-refractivity contribution >= 4 is 6.03 Å². The van der Waals surface area contributed by atoms with Gasteiger partial charge in [0.15, 0.2) is 0 Å². The molecule has 0 aromatic carbocycles. The Morgan fingerprint density at radius 2 is 1.35 bits per heavy atom. The molecule has 0 spiro atoms. The van der Waals surface area contributed by atoms with Crippen molar-refractivity contribution in [2.75, 3.05) is 13.1 Å². The molecule has 0 heterocycles. The number of unbranched alkanes of at least 4 members (excludes halogenated alkanes) is 8. The zero-order chi connectivity index (χ0) is 12.9. The summed E-state index contributed by atoms with van der Waals surface area (Å²) in [5.41, 5.74) is 5.24. The molecule has 0 aliphatic rings. The Labute approximate surface area is 107 Å². The summed E-state index contributed by atoms with van der Waals surface area (Å²) in [5.74, 6) is 0. The van der Waals surface area contributed by atoms with Crippen LogP contribution in [0, 0.1) is 0 Å². The summed E-state index contributed by atoms with van der Waals surface area (Å²) in [5, 5.41) is 0. The van der Waals surface area contributed by atoms with Crippen molar-refractivity contribution in [3.63, 3.8) is 0 Å². The molecular formula is C14H30N2O. The summed E-state index contributed by atoms with van der Waals surface area (Å²) in [4.78, 5) is 12.7. The zero-order valence-corrected chi connectivity index (χ0v) is 11.7. The molecule has 0 aliphatic heterocycles. The maximum atomic E-state index is 10.9. The molecule has 3 heteroatoms. The summed E-state index contributed by atoms with van der Waals surface area (Å²) in [6.07, 6.45) is 11.8. The van der Waals surface area contributed by atoms with Gasteiger partial charge in [0, 0.05) is 13.1 Å². The molecular weight excluding hydrogens is 212 g/mol. The van der Waals surface area contributed by atoms with E-state index in [9.17, 15) is 4.79 Å². The first-order valence-electron chi connectivity index (χ1n) is 7.26. The predicted octanol–water partition coefficient (Wildman–Crippen LogP) is 3.92. The molecule has 0 saturated carbocycles. The monoisotopic (exact) mass is 242 g/mol. The Morgan fingerprint density at radius 1 is 0.882 bits per heavy atom. The highest BCUT2D eigenvalue weighted by molar-refractivity contribution is 5.71.